The molecule has 1 aromatic rings. The number of unbranched alkanes of at least 4 members (excludes halogenated alkanes) is 1. The van der Waals surface area contributed by atoms with Gasteiger partial charge in [0.25, 0.3) is 0 Å². The summed E-state index contributed by atoms with van der Waals surface area (Å²) in [7, 11) is 0. The number of nitro groups is 1. The molecule has 1 aromatic carbocycles. The Balaban J connectivity index is 2.68. The van der Waals surface area contributed by atoms with Crippen molar-refractivity contribution in [2.45, 2.75) is 19.4 Å². The maximum absolute atomic E-state index is 13.3. The molecule has 96 valence electrons. The van der Waals surface area contributed by atoms with Gasteiger partial charge in [0, 0.05) is 30.7 Å². The van der Waals surface area contributed by atoms with Crippen molar-refractivity contribution in [2.75, 3.05) is 6.54 Å². The van der Waals surface area contributed by atoms with Crippen LogP contribution in [-0.4, -0.2) is 11.5 Å². The standard InChI is InChI=1S/C12H12F2N2O2/c1-2-3-4-5-15-8-9-6-12(16(17)18)11(14)7-10(9)13/h1,6-7,15H,3-5,8H2. The molecule has 0 spiro atoms. The molecule has 1 N–H and O–H groups in total. The molecule has 1 rings (SSSR count). The third-order valence-electron chi connectivity index (χ3n) is 2.30. The number of nitro benzene ring substituents is 1. The van der Waals surface area contributed by atoms with E-state index in [-0.39, 0.29) is 12.1 Å². The zero-order valence-corrected chi connectivity index (χ0v) is 9.58. The van der Waals surface area contributed by atoms with Gasteiger partial charge >= 0.3 is 5.69 Å². The fourth-order valence-electron chi connectivity index (χ4n) is 1.39. The third kappa shape index (κ3) is 3.79. The summed E-state index contributed by atoms with van der Waals surface area (Å²) in [6.07, 6.45) is 6.38. The summed E-state index contributed by atoms with van der Waals surface area (Å²) in [6, 6.07) is 1.43. The molecular formula is C12H12F2N2O2. The van der Waals surface area contributed by atoms with Crippen LogP contribution in [0.25, 0.3) is 0 Å². The molecule has 0 aliphatic rings. The smallest absolute Gasteiger partial charge is 0.305 e. The van der Waals surface area contributed by atoms with E-state index in [0.717, 1.165) is 12.5 Å². The molecule has 0 radical (unpaired) electrons. The van der Waals surface area contributed by atoms with Crippen LogP contribution in [0.3, 0.4) is 0 Å². The SMILES string of the molecule is C#CCCCNCc1cc([N+](=O)[O-])c(F)cc1F. The van der Waals surface area contributed by atoms with E-state index >= 15 is 0 Å². The van der Waals surface area contributed by atoms with Gasteiger partial charge in [-0.3, -0.25) is 10.1 Å². The van der Waals surface area contributed by atoms with Gasteiger partial charge in [-0.05, 0) is 13.0 Å². The lowest BCUT2D eigenvalue weighted by Crippen LogP contribution is -2.16. The molecular weight excluding hydrogens is 242 g/mol. The predicted molar refractivity (Wildman–Crippen MR) is 62.8 cm³/mol. The fraction of sp³-hybridized carbons (Fsp3) is 0.333. The molecule has 0 bridgehead atoms. The first-order chi connectivity index (χ1) is 8.56. The van der Waals surface area contributed by atoms with Gasteiger partial charge in [-0.2, -0.15) is 4.39 Å². The first-order valence-corrected chi connectivity index (χ1v) is 5.32. The van der Waals surface area contributed by atoms with Crippen LogP contribution in [0.15, 0.2) is 12.1 Å². The van der Waals surface area contributed by atoms with Crippen LogP contribution in [0, 0.1) is 34.1 Å². The Labute approximate surface area is 103 Å². The van der Waals surface area contributed by atoms with Gasteiger partial charge in [-0.25, -0.2) is 4.39 Å². The number of benzene rings is 1. The lowest BCUT2D eigenvalue weighted by atomic mass is 10.1. The molecule has 0 atom stereocenters. The van der Waals surface area contributed by atoms with E-state index in [1.807, 2.05) is 0 Å². The molecule has 0 saturated carbocycles. The van der Waals surface area contributed by atoms with Crippen molar-refractivity contribution >= 4 is 5.69 Å². The van der Waals surface area contributed by atoms with Crippen molar-refractivity contribution in [2.24, 2.45) is 0 Å². The molecule has 6 heteroatoms. The van der Waals surface area contributed by atoms with Crippen LogP contribution in [0.5, 0.6) is 0 Å². The first kappa shape index (κ1) is 14.1. The highest BCUT2D eigenvalue weighted by Gasteiger charge is 2.17. The molecule has 0 heterocycles. The third-order valence-corrected chi connectivity index (χ3v) is 2.30. The van der Waals surface area contributed by atoms with E-state index in [1.165, 1.54) is 0 Å². The number of nitrogens with zero attached hydrogens (tertiary/aromatic N) is 1. The highest BCUT2D eigenvalue weighted by molar-refractivity contribution is 5.37. The van der Waals surface area contributed by atoms with Crippen molar-refractivity contribution in [1.29, 1.82) is 0 Å². The van der Waals surface area contributed by atoms with Crippen molar-refractivity contribution in [1.82, 2.24) is 5.32 Å². The number of terminal acetylenes is 1. The number of hydrogen-bond acceptors (Lipinski definition) is 3. The quantitative estimate of drug-likeness (QED) is 0.367. The minimum absolute atomic E-state index is 0.0591. The van der Waals surface area contributed by atoms with Gasteiger partial charge < -0.3 is 5.32 Å². The van der Waals surface area contributed by atoms with Crippen LogP contribution >= 0.6 is 0 Å². The summed E-state index contributed by atoms with van der Waals surface area (Å²) >= 11 is 0. The molecule has 0 aliphatic carbocycles. The molecule has 0 fully saturated rings. The second kappa shape index (κ2) is 6.67. The Hall–Kier alpha value is -2.00. The second-order valence-corrected chi connectivity index (χ2v) is 3.64. The summed E-state index contributed by atoms with van der Waals surface area (Å²) in [5.74, 6) is 0.480. The van der Waals surface area contributed by atoms with Crippen LogP contribution in [0.2, 0.25) is 0 Å². The highest BCUT2D eigenvalue weighted by atomic mass is 19.1. The van der Waals surface area contributed by atoms with Crippen LogP contribution in [0.4, 0.5) is 14.5 Å². The van der Waals surface area contributed by atoms with Gasteiger partial charge in [0.15, 0.2) is 0 Å². The number of halogens is 2. The molecule has 0 unspecified atom stereocenters. The summed E-state index contributed by atoms with van der Waals surface area (Å²) in [4.78, 5) is 9.62. The van der Waals surface area contributed by atoms with E-state index < -0.39 is 22.2 Å². The van der Waals surface area contributed by atoms with Crippen LogP contribution in [0.1, 0.15) is 18.4 Å². The van der Waals surface area contributed by atoms with Crippen molar-refractivity contribution in [3.8, 4) is 12.3 Å². The maximum Gasteiger partial charge on any atom is 0.305 e. The van der Waals surface area contributed by atoms with Gasteiger partial charge in [0.1, 0.15) is 5.82 Å². The van der Waals surface area contributed by atoms with E-state index in [2.05, 4.69) is 11.2 Å². The summed E-state index contributed by atoms with van der Waals surface area (Å²) in [5.41, 5.74) is -0.666. The second-order valence-electron chi connectivity index (χ2n) is 3.64. The summed E-state index contributed by atoms with van der Waals surface area (Å²) < 4.78 is 26.4. The summed E-state index contributed by atoms with van der Waals surface area (Å²) in [5, 5.41) is 13.4. The van der Waals surface area contributed by atoms with E-state index in [9.17, 15) is 18.9 Å². The zero-order chi connectivity index (χ0) is 13.5. The minimum atomic E-state index is -1.17. The van der Waals surface area contributed by atoms with Crippen LogP contribution in [-0.2, 0) is 6.54 Å². The minimum Gasteiger partial charge on any atom is -0.313 e. The Morgan fingerprint density at radius 2 is 2.11 bits per heavy atom. The van der Waals surface area contributed by atoms with E-state index in [1.54, 1.807) is 0 Å². The molecule has 0 amide bonds. The number of rotatable bonds is 6. The van der Waals surface area contributed by atoms with Crippen LogP contribution < -0.4 is 5.32 Å². The normalized spacial score (nSPS) is 10.1. The fourth-order valence-corrected chi connectivity index (χ4v) is 1.39. The maximum atomic E-state index is 13.3. The Bertz CT molecular complexity index is 484. The van der Waals surface area contributed by atoms with Gasteiger partial charge in [0.05, 0.1) is 4.92 Å². The van der Waals surface area contributed by atoms with E-state index in [0.29, 0.717) is 19.0 Å². The summed E-state index contributed by atoms with van der Waals surface area (Å²) in [6.45, 7) is 0.659. The van der Waals surface area contributed by atoms with Gasteiger partial charge in [-0.15, -0.1) is 12.3 Å². The van der Waals surface area contributed by atoms with E-state index in [4.69, 9.17) is 6.42 Å². The Morgan fingerprint density at radius 1 is 1.39 bits per heavy atom. The average Bonchev–Trinajstić information content (AvgIpc) is 2.30. The molecule has 0 aromatic heterocycles. The number of nitrogens with one attached hydrogen (secondary N) is 1. The largest absolute Gasteiger partial charge is 0.313 e. The van der Waals surface area contributed by atoms with Gasteiger partial charge in [-0.1, -0.05) is 0 Å². The first-order valence-electron chi connectivity index (χ1n) is 5.32. The molecule has 0 aliphatic heterocycles. The topological polar surface area (TPSA) is 55.2 Å². The Morgan fingerprint density at radius 3 is 2.72 bits per heavy atom. The number of hydrogen-bond donors (Lipinski definition) is 1. The van der Waals surface area contributed by atoms with Crippen molar-refractivity contribution in [3.63, 3.8) is 0 Å². The van der Waals surface area contributed by atoms with Crippen molar-refractivity contribution in [3.05, 3.63) is 39.4 Å². The monoisotopic (exact) mass is 254 g/mol. The average molecular weight is 254 g/mol. The lowest BCUT2D eigenvalue weighted by molar-refractivity contribution is -0.387. The lowest BCUT2D eigenvalue weighted by Gasteiger charge is -2.05. The predicted octanol–water partition coefficient (Wildman–Crippen LogP) is 2.38. The van der Waals surface area contributed by atoms with Crippen molar-refractivity contribution < 1.29 is 13.7 Å². The zero-order valence-electron chi connectivity index (χ0n) is 9.58. The van der Waals surface area contributed by atoms with Gasteiger partial charge in [0.2, 0.25) is 5.82 Å². The molecule has 4 nitrogen and oxygen atoms in total. The Kier molecular flexibility index (Phi) is 5.21. The molecule has 18 heavy (non-hydrogen) atoms. The highest BCUT2D eigenvalue weighted by Crippen LogP contribution is 2.21. The molecule has 0 saturated heterocycles.